The van der Waals surface area contributed by atoms with Crippen LogP contribution in [0.5, 0.6) is 23.0 Å². The molecule has 2 aliphatic rings. The van der Waals surface area contributed by atoms with Gasteiger partial charge in [-0.25, -0.2) is 0 Å². The van der Waals surface area contributed by atoms with Gasteiger partial charge in [0.15, 0.2) is 23.0 Å². The highest BCUT2D eigenvalue weighted by Crippen LogP contribution is 2.47. The van der Waals surface area contributed by atoms with E-state index in [2.05, 4.69) is 0 Å². The average molecular weight is 541 g/mol. The van der Waals surface area contributed by atoms with Crippen LogP contribution in [0.25, 0.3) is 0 Å². The molecule has 0 radical (unpaired) electrons. The van der Waals surface area contributed by atoms with E-state index < -0.39 is 12.0 Å². The lowest BCUT2D eigenvalue weighted by Gasteiger charge is -2.43. The number of rotatable bonds is 8. The molecule has 0 unspecified atom stereocenters. The molecule has 1 fully saturated rings. The summed E-state index contributed by atoms with van der Waals surface area (Å²) in [7, 11) is 7.81. The SMILES string of the molecule is CCOC(=O)C1CCN(C(=O)[C@@H]2c3cc(OC)c(OC)cc3C(=O)N(C)[C@H]2c2ccc(OC)c(OC)c2)CC1. The first-order valence-electron chi connectivity index (χ1n) is 13.0. The maximum atomic E-state index is 14.3. The molecule has 2 heterocycles. The molecule has 2 amide bonds. The molecule has 0 aromatic heterocycles. The summed E-state index contributed by atoms with van der Waals surface area (Å²) in [6.07, 6.45) is 1.04. The fourth-order valence-corrected chi connectivity index (χ4v) is 5.56. The van der Waals surface area contributed by atoms with Crippen LogP contribution in [-0.2, 0) is 14.3 Å². The summed E-state index contributed by atoms with van der Waals surface area (Å²) in [4.78, 5) is 43.6. The van der Waals surface area contributed by atoms with E-state index in [4.69, 9.17) is 23.7 Å². The van der Waals surface area contributed by atoms with Gasteiger partial charge in [-0.2, -0.15) is 0 Å². The minimum Gasteiger partial charge on any atom is -0.493 e. The van der Waals surface area contributed by atoms with Crippen LogP contribution in [0, 0.1) is 5.92 Å². The second kappa shape index (κ2) is 11.8. The maximum absolute atomic E-state index is 14.3. The third kappa shape index (κ3) is 5.20. The van der Waals surface area contributed by atoms with Crippen molar-refractivity contribution in [1.29, 1.82) is 0 Å². The first kappa shape index (κ1) is 28.1. The number of benzene rings is 2. The number of likely N-dealkylation sites (tertiary alicyclic amines) is 1. The summed E-state index contributed by atoms with van der Waals surface area (Å²) in [5, 5.41) is 0. The van der Waals surface area contributed by atoms with Gasteiger partial charge in [-0.15, -0.1) is 0 Å². The van der Waals surface area contributed by atoms with E-state index in [0.29, 0.717) is 66.7 Å². The Labute approximate surface area is 228 Å². The average Bonchev–Trinajstić information content (AvgIpc) is 2.97. The van der Waals surface area contributed by atoms with E-state index in [9.17, 15) is 14.4 Å². The normalized spacial score (nSPS) is 19.3. The van der Waals surface area contributed by atoms with Crippen LogP contribution < -0.4 is 18.9 Å². The van der Waals surface area contributed by atoms with Gasteiger partial charge in [0.05, 0.1) is 52.9 Å². The van der Waals surface area contributed by atoms with Gasteiger partial charge < -0.3 is 33.5 Å². The van der Waals surface area contributed by atoms with Crippen molar-refractivity contribution >= 4 is 17.8 Å². The van der Waals surface area contributed by atoms with E-state index >= 15 is 0 Å². The maximum Gasteiger partial charge on any atom is 0.309 e. The van der Waals surface area contributed by atoms with Gasteiger partial charge in [0, 0.05) is 25.7 Å². The Balaban J connectivity index is 1.80. The van der Waals surface area contributed by atoms with Crippen molar-refractivity contribution in [2.75, 3.05) is 55.2 Å². The van der Waals surface area contributed by atoms with Gasteiger partial charge in [-0.3, -0.25) is 14.4 Å². The predicted octanol–water partition coefficient (Wildman–Crippen LogP) is 3.43. The van der Waals surface area contributed by atoms with Crippen LogP contribution in [0.3, 0.4) is 0 Å². The molecule has 0 spiro atoms. The van der Waals surface area contributed by atoms with Crippen molar-refractivity contribution < 1.29 is 38.1 Å². The number of hydrogen-bond donors (Lipinski definition) is 0. The van der Waals surface area contributed by atoms with Crippen LogP contribution in [0.2, 0.25) is 0 Å². The smallest absolute Gasteiger partial charge is 0.309 e. The largest absolute Gasteiger partial charge is 0.493 e. The second-order valence-electron chi connectivity index (χ2n) is 9.60. The molecule has 4 rings (SSSR count). The number of carbonyl (C=O) groups is 3. The molecule has 10 nitrogen and oxygen atoms in total. The minimum absolute atomic E-state index is 0.134. The van der Waals surface area contributed by atoms with E-state index in [1.54, 1.807) is 62.3 Å². The van der Waals surface area contributed by atoms with Gasteiger partial charge in [0.2, 0.25) is 5.91 Å². The number of carbonyl (C=O) groups excluding carboxylic acids is 3. The van der Waals surface area contributed by atoms with Crippen molar-refractivity contribution in [2.24, 2.45) is 5.92 Å². The van der Waals surface area contributed by atoms with Crippen LogP contribution >= 0.6 is 0 Å². The van der Waals surface area contributed by atoms with Crippen LogP contribution in [-0.4, -0.2) is 82.8 Å². The van der Waals surface area contributed by atoms with Crippen molar-refractivity contribution in [3.8, 4) is 23.0 Å². The molecular weight excluding hydrogens is 504 g/mol. The minimum atomic E-state index is -0.736. The monoisotopic (exact) mass is 540 g/mol. The van der Waals surface area contributed by atoms with Crippen LogP contribution in [0.4, 0.5) is 0 Å². The number of likely N-dealkylation sites (N-methyl/N-ethyl adjacent to an activating group) is 1. The second-order valence-corrected chi connectivity index (χ2v) is 9.60. The molecule has 210 valence electrons. The Bertz CT molecular complexity index is 1240. The zero-order valence-electron chi connectivity index (χ0n) is 23.3. The number of fused-ring (bicyclic) bond motifs is 1. The molecule has 0 bridgehead atoms. The number of amides is 2. The van der Waals surface area contributed by atoms with E-state index in [1.807, 2.05) is 6.07 Å². The van der Waals surface area contributed by atoms with Gasteiger partial charge in [0.25, 0.3) is 5.91 Å². The summed E-state index contributed by atoms with van der Waals surface area (Å²) in [6.45, 7) is 2.94. The highest BCUT2D eigenvalue weighted by Gasteiger charge is 2.46. The van der Waals surface area contributed by atoms with E-state index in [0.717, 1.165) is 5.56 Å². The lowest BCUT2D eigenvalue weighted by atomic mass is 9.78. The summed E-state index contributed by atoms with van der Waals surface area (Å²) < 4.78 is 27.1. The van der Waals surface area contributed by atoms with Crippen molar-refractivity contribution in [3.05, 3.63) is 47.0 Å². The lowest BCUT2D eigenvalue weighted by molar-refractivity contribution is -0.151. The Morgan fingerprint density at radius 1 is 0.872 bits per heavy atom. The summed E-state index contributed by atoms with van der Waals surface area (Å²) >= 11 is 0. The zero-order chi connectivity index (χ0) is 28.3. The molecule has 2 aromatic rings. The summed E-state index contributed by atoms with van der Waals surface area (Å²) in [5.74, 6) is 0.306. The molecular formula is C29H36N2O8. The van der Waals surface area contributed by atoms with Gasteiger partial charge in [-0.05, 0) is 55.2 Å². The van der Waals surface area contributed by atoms with Crippen molar-refractivity contribution in [3.63, 3.8) is 0 Å². The molecule has 1 saturated heterocycles. The zero-order valence-corrected chi connectivity index (χ0v) is 23.3. The Morgan fingerprint density at radius 3 is 2.05 bits per heavy atom. The fraction of sp³-hybridized carbons (Fsp3) is 0.483. The molecule has 0 aliphatic carbocycles. The molecule has 0 saturated carbocycles. The van der Waals surface area contributed by atoms with Gasteiger partial charge >= 0.3 is 5.97 Å². The molecule has 2 aliphatic heterocycles. The molecule has 10 heteroatoms. The third-order valence-corrected chi connectivity index (χ3v) is 7.62. The van der Waals surface area contributed by atoms with E-state index in [1.165, 1.54) is 14.2 Å². The highest BCUT2D eigenvalue weighted by atomic mass is 16.5. The lowest BCUT2D eigenvalue weighted by Crippen LogP contribution is -2.49. The fourth-order valence-electron chi connectivity index (χ4n) is 5.56. The Kier molecular flexibility index (Phi) is 8.52. The van der Waals surface area contributed by atoms with Crippen LogP contribution in [0.15, 0.2) is 30.3 Å². The number of hydrogen-bond acceptors (Lipinski definition) is 8. The first-order chi connectivity index (χ1) is 18.8. The number of methoxy groups -OCH3 is 4. The number of nitrogens with zero attached hydrogens (tertiary/aromatic N) is 2. The van der Waals surface area contributed by atoms with Crippen molar-refractivity contribution in [1.82, 2.24) is 9.80 Å². The van der Waals surface area contributed by atoms with Gasteiger partial charge in [-0.1, -0.05) is 6.07 Å². The Hall–Kier alpha value is -3.95. The predicted molar refractivity (Wildman–Crippen MR) is 143 cm³/mol. The van der Waals surface area contributed by atoms with Gasteiger partial charge in [0.1, 0.15) is 0 Å². The van der Waals surface area contributed by atoms with Crippen LogP contribution in [0.1, 0.15) is 53.2 Å². The molecule has 0 N–H and O–H groups in total. The number of piperidine rings is 1. The molecule has 39 heavy (non-hydrogen) atoms. The quantitative estimate of drug-likeness (QED) is 0.469. The number of esters is 1. The standard InChI is InChI=1S/C29H36N2O8/c1-7-39-29(34)17-10-12-31(13-11-17)28(33)25-19-15-23(37-5)24(38-6)16-20(19)27(32)30(2)26(25)18-8-9-21(35-3)22(14-18)36-4/h8-9,14-17,25-26H,7,10-13H2,1-6H3/t25-,26+/m1/s1. The molecule has 2 atom stereocenters. The van der Waals surface area contributed by atoms with Crippen molar-refractivity contribution in [2.45, 2.75) is 31.7 Å². The first-order valence-corrected chi connectivity index (χ1v) is 13.0. The third-order valence-electron chi connectivity index (χ3n) is 7.62. The number of ether oxygens (including phenoxy) is 5. The highest BCUT2D eigenvalue weighted by molar-refractivity contribution is 6.02. The van der Waals surface area contributed by atoms with E-state index in [-0.39, 0.29) is 23.7 Å². The summed E-state index contributed by atoms with van der Waals surface area (Å²) in [5.41, 5.74) is 1.67. The summed E-state index contributed by atoms with van der Waals surface area (Å²) in [6, 6.07) is 8.13. The Morgan fingerprint density at radius 2 is 1.46 bits per heavy atom. The topological polar surface area (TPSA) is 104 Å². The molecule has 2 aromatic carbocycles.